The van der Waals surface area contributed by atoms with Crippen molar-refractivity contribution in [3.63, 3.8) is 0 Å². The van der Waals surface area contributed by atoms with Crippen molar-refractivity contribution in [1.82, 2.24) is 0 Å². The lowest BCUT2D eigenvalue weighted by Gasteiger charge is -2.10. The first-order chi connectivity index (χ1) is 6.96. The molecule has 0 heterocycles. The van der Waals surface area contributed by atoms with Gasteiger partial charge < -0.3 is 9.47 Å². The second kappa shape index (κ2) is 4.65. The van der Waals surface area contributed by atoms with Gasteiger partial charge in [0.2, 0.25) is 0 Å². The molecule has 0 atom stereocenters. The molecular weight excluding hydrogens is 229 g/mol. The molecule has 84 valence electrons. The van der Waals surface area contributed by atoms with E-state index in [-0.39, 0.29) is 22.4 Å². The van der Waals surface area contributed by atoms with Gasteiger partial charge in [-0.15, -0.1) is 0 Å². The van der Waals surface area contributed by atoms with Crippen molar-refractivity contribution in [3.05, 3.63) is 18.2 Å². The molecule has 1 rings (SSSR count). The van der Waals surface area contributed by atoms with Crippen LogP contribution in [0.1, 0.15) is 0 Å². The average molecular weight is 238 g/mol. The van der Waals surface area contributed by atoms with Crippen LogP contribution in [-0.2, 0) is 0 Å². The smallest absolute Gasteiger partial charge is 0.446 e. The topological polar surface area (TPSA) is 18.5 Å². The largest absolute Gasteiger partial charge is 0.493 e. The first kappa shape index (κ1) is 12.0. The van der Waals surface area contributed by atoms with Gasteiger partial charge in [0, 0.05) is 4.90 Å². The summed E-state index contributed by atoms with van der Waals surface area (Å²) >= 11 is -0.186. The van der Waals surface area contributed by atoms with Gasteiger partial charge in [0.15, 0.2) is 11.5 Å². The molecule has 0 saturated carbocycles. The van der Waals surface area contributed by atoms with Crippen molar-refractivity contribution < 1.29 is 22.6 Å². The van der Waals surface area contributed by atoms with Gasteiger partial charge in [-0.3, -0.25) is 0 Å². The highest BCUT2D eigenvalue weighted by atomic mass is 32.2. The molecule has 0 aliphatic carbocycles. The summed E-state index contributed by atoms with van der Waals surface area (Å²) in [6, 6.07) is 4.06. The summed E-state index contributed by atoms with van der Waals surface area (Å²) in [7, 11) is 2.80. The predicted molar refractivity (Wildman–Crippen MR) is 51.5 cm³/mol. The van der Waals surface area contributed by atoms with Crippen LogP contribution in [-0.4, -0.2) is 19.7 Å². The summed E-state index contributed by atoms with van der Waals surface area (Å²) < 4.78 is 45.9. The number of methoxy groups -OCH3 is 2. The Morgan fingerprint density at radius 1 is 1.07 bits per heavy atom. The van der Waals surface area contributed by atoms with E-state index in [0.29, 0.717) is 5.75 Å². The molecule has 0 radical (unpaired) electrons. The van der Waals surface area contributed by atoms with Gasteiger partial charge in [-0.05, 0) is 30.0 Å². The van der Waals surface area contributed by atoms with Crippen LogP contribution >= 0.6 is 11.8 Å². The van der Waals surface area contributed by atoms with E-state index in [0.717, 1.165) is 0 Å². The molecule has 0 spiro atoms. The quantitative estimate of drug-likeness (QED) is 0.752. The molecule has 15 heavy (non-hydrogen) atoms. The normalized spacial score (nSPS) is 11.3. The number of hydrogen-bond donors (Lipinski definition) is 0. The molecule has 0 aliphatic heterocycles. The zero-order valence-electron chi connectivity index (χ0n) is 8.09. The summed E-state index contributed by atoms with van der Waals surface area (Å²) in [6.07, 6.45) is 0. The highest BCUT2D eigenvalue weighted by Crippen LogP contribution is 2.40. The maximum absolute atomic E-state index is 12.1. The summed E-state index contributed by atoms with van der Waals surface area (Å²) in [4.78, 5) is 0.0696. The Hall–Kier alpha value is -1.04. The Bertz CT molecular complexity index is 339. The van der Waals surface area contributed by atoms with Crippen LogP contribution < -0.4 is 9.47 Å². The second-order valence-corrected chi connectivity index (χ2v) is 3.70. The van der Waals surface area contributed by atoms with E-state index in [1.165, 1.54) is 32.4 Å². The lowest BCUT2D eigenvalue weighted by Crippen LogP contribution is -1.99. The SMILES string of the molecule is COc1ccc(SC(F)(F)F)cc1OC. The molecular formula is C9H9F3O2S. The zero-order valence-corrected chi connectivity index (χ0v) is 8.91. The molecule has 0 bridgehead atoms. The Morgan fingerprint density at radius 2 is 1.67 bits per heavy atom. The van der Waals surface area contributed by atoms with Gasteiger partial charge in [0.1, 0.15) is 0 Å². The molecule has 0 unspecified atom stereocenters. The van der Waals surface area contributed by atoms with Gasteiger partial charge in [-0.25, -0.2) is 0 Å². The molecule has 0 fully saturated rings. The number of ether oxygens (including phenoxy) is 2. The Morgan fingerprint density at radius 3 is 2.13 bits per heavy atom. The molecule has 6 heteroatoms. The van der Waals surface area contributed by atoms with E-state index >= 15 is 0 Å². The molecule has 0 aliphatic rings. The Balaban J connectivity index is 2.93. The minimum atomic E-state index is -4.29. The third-order valence-electron chi connectivity index (χ3n) is 1.59. The van der Waals surface area contributed by atoms with Crippen LogP contribution in [0.25, 0.3) is 0 Å². The lowest BCUT2D eigenvalue weighted by molar-refractivity contribution is -0.0328. The lowest BCUT2D eigenvalue weighted by atomic mass is 10.3. The van der Waals surface area contributed by atoms with E-state index in [2.05, 4.69) is 0 Å². The minimum Gasteiger partial charge on any atom is -0.493 e. The highest BCUT2D eigenvalue weighted by molar-refractivity contribution is 8.00. The summed E-state index contributed by atoms with van der Waals surface area (Å²) in [5.41, 5.74) is -4.29. The van der Waals surface area contributed by atoms with Gasteiger partial charge in [0.25, 0.3) is 0 Å². The van der Waals surface area contributed by atoms with E-state index < -0.39 is 5.51 Å². The molecule has 2 nitrogen and oxygen atoms in total. The van der Waals surface area contributed by atoms with Crippen molar-refractivity contribution >= 4 is 11.8 Å². The summed E-state index contributed by atoms with van der Waals surface area (Å²) in [5.74, 6) is 0.691. The number of benzene rings is 1. The van der Waals surface area contributed by atoms with Crippen molar-refractivity contribution in [1.29, 1.82) is 0 Å². The fraction of sp³-hybridized carbons (Fsp3) is 0.333. The monoisotopic (exact) mass is 238 g/mol. The second-order valence-electron chi connectivity index (χ2n) is 2.56. The van der Waals surface area contributed by atoms with Crippen LogP contribution in [0.3, 0.4) is 0 Å². The van der Waals surface area contributed by atoms with Crippen LogP contribution in [0.2, 0.25) is 0 Å². The number of halogens is 3. The predicted octanol–water partition coefficient (Wildman–Crippen LogP) is 3.32. The fourth-order valence-corrected chi connectivity index (χ4v) is 1.58. The van der Waals surface area contributed by atoms with Gasteiger partial charge >= 0.3 is 5.51 Å². The molecule has 1 aromatic rings. The van der Waals surface area contributed by atoms with Gasteiger partial charge in [0.05, 0.1) is 14.2 Å². The zero-order chi connectivity index (χ0) is 11.5. The third kappa shape index (κ3) is 3.54. The number of alkyl halides is 3. The maximum Gasteiger partial charge on any atom is 0.446 e. The van der Waals surface area contributed by atoms with Crippen LogP contribution in [0.4, 0.5) is 13.2 Å². The number of thioether (sulfide) groups is 1. The highest BCUT2D eigenvalue weighted by Gasteiger charge is 2.29. The molecule has 0 saturated heterocycles. The Labute approximate surface area is 89.4 Å². The summed E-state index contributed by atoms with van der Waals surface area (Å²) in [6.45, 7) is 0. The fourth-order valence-electron chi connectivity index (χ4n) is 1.01. The van der Waals surface area contributed by atoms with E-state index in [1.54, 1.807) is 0 Å². The number of hydrogen-bond acceptors (Lipinski definition) is 3. The minimum absolute atomic E-state index is 0.0696. The van der Waals surface area contributed by atoms with E-state index in [1.807, 2.05) is 0 Å². The van der Waals surface area contributed by atoms with Gasteiger partial charge in [-0.1, -0.05) is 0 Å². The standard InChI is InChI=1S/C9H9F3O2S/c1-13-7-4-3-6(5-8(7)14-2)15-9(10,11)12/h3-5H,1-2H3. The first-order valence-electron chi connectivity index (χ1n) is 3.94. The average Bonchev–Trinajstić information content (AvgIpc) is 2.15. The maximum atomic E-state index is 12.1. The van der Waals surface area contributed by atoms with Crippen molar-refractivity contribution in [2.45, 2.75) is 10.4 Å². The molecule has 0 amide bonds. The molecule has 1 aromatic carbocycles. The molecule has 0 N–H and O–H groups in total. The first-order valence-corrected chi connectivity index (χ1v) is 4.75. The van der Waals surface area contributed by atoms with E-state index in [4.69, 9.17) is 9.47 Å². The van der Waals surface area contributed by atoms with Crippen LogP contribution in [0.15, 0.2) is 23.1 Å². The van der Waals surface area contributed by atoms with Crippen LogP contribution in [0.5, 0.6) is 11.5 Å². The van der Waals surface area contributed by atoms with Gasteiger partial charge in [-0.2, -0.15) is 13.2 Å². The van der Waals surface area contributed by atoms with Crippen molar-refractivity contribution in [3.8, 4) is 11.5 Å². The third-order valence-corrected chi connectivity index (χ3v) is 2.31. The van der Waals surface area contributed by atoms with Crippen LogP contribution in [0, 0.1) is 0 Å². The molecule has 0 aromatic heterocycles. The number of rotatable bonds is 3. The Kier molecular flexibility index (Phi) is 3.73. The van der Waals surface area contributed by atoms with E-state index in [9.17, 15) is 13.2 Å². The van der Waals surface area contributed by atoms with Crippen molar-refractivity contribution in [2.24, 2.45) is 0 Å². The summed E-state index contributed by atoms with van der Waals surface area (Å²) in [5, 5.41) is 0. The van der Waals surface area contributed by atoms with Crippen molar-refractivity contribution in [2.75, 3.05) is 14.2 Å².